The largest absolute Gasteiger partial charge is 0.376 e. The maximum Gasteiger partial charge on any atom is 0.0809 e. The van der Waals surface area contributed by atoms with Crippen LogP contribution in [0.3, 0.4) is 0 Å². The van der Waals surface area contributed by atoms with Gasteiger partial charge in [0.25, 0.3) is 0 Å². The highest BCUT2D eigenvalue weighted by atomic mass is 32.1. The lowest BCUT2D eigenvalue weighted by Gasteiger charge is -2.26. The van der Waals surface area contributed by atoms with Crippen molar-refractivity contribution in [3.63, 3.8) is 0 Å². The van der Waals surface area contributed by atoms with Gasteiger partial charge in [-0.2, -0.15) is 0 Å². The number of thiophene rings is 1. The maximum absolute atomic E-state index is 5.86. The summed E-state index contributed by atoms with van der Waals surface area (Å²) < 4.78 is 7.17. The van der Waals surface area contributed by atoms with E-state index in [0.717, 1.165) is 13.0 Å². The maximum atomic E-state index is 5.86. The second-order valence-electron chi connectivity index (χ2n) is 4.93. The number of hydrazine groups is 1. The summed E-state index contributed by atoms with van der Waals surface area (Å²) in [5, 5.41) is 3.41. The number of benzene rings is 1. The lowest BCUT2D eigenvalue weighted by molar-refractivity contribution is 0.0612. The molecule has 3 unspecified atom stereocenters. The van der Waals surface area contributed by atoms with Crippen LogP contribution in [0.4, 0.5) is 0 Å². The first-order valence-corrected chi connectivity index (χ1v) is 7.23. The number of rotatable bonds is 3. The van der Waals surface area contributed by atoms with Crippen molar-refractivity contribution >= 4 is 21.4 Å². The van der Waals surface area contributed by atoms with Gasteiger partial charge in [0.2, 0.25) is 0 Å². The van der Waals surface area contributed by atoms with Gasteiger partial charge >= 0.3 is 0 Å². The van der Waals surface area contributed by atoms with Crippen molar-refractivity contribution in [2.45, 2.75) is 25.5 Å². The molecule has 4 heteroatoms. The third-order valence-electron chi connectivity index (χ3n) is 3.80. The SMILES string of the molecule is CC1CCOC1C(NN)c1cccc2ccsc12. The minimum Gasteiger partial charge on any atom is -0.376 e. The predicted molar refractivity (Wildman–Crippen MR) is 75.4 cm³/mol. The Hall–Kier alpha value is -0.940. The number of nitrogens with two attached hydrogens (primary N) is 1. The molecule has 0 saturated carbocycles. The molecule has 2 aromatic rings. The smallest absolute Gasteiger partial charge is 0.0809 e. The second-order valence-corrected chi connectivity index (χ2v) is 5.85. The monoisotopic (exact) mass is 262 g/mol. The quantitative estimate of drug-likeness (QED) is 0.660. The molecule has 3 atom stereocenters. The van der Waals surface area contributed by atoms with Crippen LogP contribution < -0.4 is 11.3 Å². The molecular weight excluding hydrogens is 244 g/mol. The van der Waals surface area contributed by atoms with Gasteiger partial charge in [-0.1, -0.05) is 25.1 Å². The van der Waals surface area contributed by atoms with Gasteiger partial charge in [-0.05, 0) is 34.7 Å². The summed E-state index contributed by atoms with van der Waals surface area (Å²) in [7, 11) is 0. The van der Waals surface area contributed by atoms with E-state index in [9.17, 15) is 0 Å². The van der Waals surface area contributed by atoms with Crippen LogP contribution in [0.2, 0.25) is 0 Å². The number of nitrogens with one attached hydrogen (secondary N) is 1. The molecule has 96 valence electrons. The fraction of sp³-hybridized carbons (Fsp3) is 0.429. The molecule has 0 aliphatic carbocycles. The lowest BCUT2D eigenvalue weighted by atomic mass is 9.92. The zero-order valence-electron chi connectivity index (χ0n) is 10.4. The first kappa shape index (κ1) is 12.1. The van der Waals surface area contributed by atoms with Crippen LogP contribution in [-0.4, -0.2) is 12.7 Å². The van der Waals surface area contributed by atoms with Gasteiger partial charge in [0.05, 0.1) is 12.1 Å². The molecule has 0 radical (unpaired) electrons. The topological polar surface area (TPSA) is 47.3 Å². The Bertz CT molecular complexity index is 539. The fourth-order valence-corrected chi connectivity index (χ4v) is 3.72. The molecule has 1 aromatic heterocycles. The van der Waals surface area contributed by atoms with Gasteiger partial charge in [0.15, 0.2) is 0 Å². The number of hydrogen-bond donors (Lipinski definition) is 2. The van der Waals surface area contributed by atoms with Crippen molar-refractivity contribution in [3.8, 4) is 0 Å². The summed E-state index contributed by atoms with van der Waals surface area (Å²) in [5.74, 6) is 6.32. The van der Waals surface area contributed by atoms with Crippen LogP contribution in [0, 0.1) is 5.92 Å². The van der Waals surface area contributed by atoms with E-state index in [2.05, 4.69) is 42.0 Å². The molecule has 18 heavy (non-hydrogen) atoms. The highest BCUT2D eigenvalue weighted by Gasteiger charge is 2.33. The average molecular weight is 262 g/mol. The third-order valence-corrected chi connectivity index (χ3v) is 4.78. The van der Waals surface area contributed by atoms with Crippen LogP contribution in [0.15, 0.2) is 29.6 Å². The zero-order chi connectivity index (χ0) is 12.5. The van der Waals surface area contributed by atoms with E-state index in [4.69, 9.17) is 10.6 Å². The third kappa shape index (κ3) is 1.95. The molecule has 3 N–H and O–H groups in total. The van der Waals surface area contributed by atoms with Crippen molar-refractivity contribution in [3.05, 3.63) is 35.2 Å². The van der Waals surface area contributed by atoms with E-state index in [0.29, 0.717) is 5.92 Å². The molecule has 0 spiro atoms. The fourth-order valence-electron chi connectivity index (χ4n) is 2.77. The second kappa shape index (κ2) is 4.97. The van der Waals surface area contributed by atoms with Gasteiger partial charge in [0, 0.05) is 11.3 Å². The van der Waals surface area contributed by atoms with E-state index >= 15 is 0 Å². The van der Waals surface area contributed by atoms with Crippen LogP contribution in [0.5, 0.6) is 0 Å². The van der Waals surface area contributed by atoms with E-state index < -0.39 is 0 Å². The highest BCUT2D eigenvalue weighted by Crippen LogP contribution is 2.35. The summed E-state index contributed by atoms with van der Waals surface area (Å²) in [6, 6.07) is 8.61. The summed E-state index contributed by atoms with van der Waals surface area (Å²) in [6.45, 7) is 3.07. The van der Waals surface area contributed by atoms with E-state index in [1.54, 1.807) is 11.3 Å². The normalized spacial score (nSPS) is 25.7. The molecule has 1 aliphatic heterocycles. The molecule has 3 rings (SSSR count). The van der Waals surface area contributed by atoms with Gasteiger partial charge in [-0.25, -0.2) is 0 Å². The summed E-state index contributed by atoms with van der Waals surface area (Å²) in [6.07, 6.45) is 1.28. The minimum atomic E-state index is 0.0739. The zero-order valence-corrected chi connectivity index (χ0v) is 11.2. The number of fused-ring (bicyclic) bond motifs is 1. The van der Waals surface area contributed by atoms with Crippen LogP contribution >= 0.6 is 11.3 Å². The van der Waals surface area contributed by atoms with Crippen molar-refractivity contribution in [2.24, 2.45) is 11.8 Å². The van der Waals surface area contributed by atoms with Crippen LogP contribution in [0.1, 0.15) is 24.9 Å². The summed E-state index contributed by atoms with van der Waals surface area (Å²) >= 11 is 1.77. The van der Waals surface area contributed by atoms with Crippen molar-refractivity contribution < 1.29 is 4.74 Å². The van der Waals surface area contributed by atoms with Crippen molar-refractivity contribution in [1.29, 1.82) is 0 Å². The molecule has 2 heterocycles. The molecule has 0 bridgehead atoms. The molecule has 1 aromatic carbocycles. The molecule has 3 nitrogen and oxygen atoms in total. The minimum absolute atomic E-state index is 0.0739. The summed E-state index contributed by atoms with van der Waals surface area (Å²) in [4.78, 5) is 0. The molecule has 1 saturated heterocycles. The first-order chi connectivity index (χ1) is 8.81. The molecule has 0 amide bonds. The van der Waals surface area contributed by atoms with Gasteiger partial charge in [-0.15, -0.1) is 11.3 Å². The Labute approximate surface area is 111 Å². The van der Waals surface area contributed by atoms with Gasteiger partial charge < -0.3 is 4.74 Å². The standard InChI is InChI=1S/C14H18N2OS/c1-9-5-7-17-13(9)12(16-15)11-4-2-3-10-6-8-18-14(10)11/h2-4,6,8-9,12-13,16H,5,7,15H2,1H3. The Balaban J connectivity index is 2.03. The summed E-state index contributed by atoms with van der Waals surface area (Å²) in [5.41, 5.74) is 4.21. The Kier molecular flexibility index (Phi) is 3.35. The average Bonchev–Trinajstić information content (AvgIpc) is 3.00. The molecular formula is C14H18N2OS. The number of ether oxygens (including phenoxy) is 1. The highest BCUT2D eigenvalue weighted by molar-refractivity contribution is 7.17. The number of hydrogen-bond acceptors (Lipinski definition) is 4. The Morgan fingerprint density at radius 3 is 3.06 bits per heavy atom. The van der Waals surface area contributed by atoms with Crippen LogP contribution in [0.25, 0.3) is 10.1 Å². The first-order valence-electron chi connectivity index (χ1n) is 6.35. The molecule has 1 aliphatic rings. The Morgan fingerprint density at radius 2 is 2.33 bits per heavy atom. The predicted octanol–water partition coefficient (Wildman–Crippen LogP) is 2.83. The van der Waals surface area contributed by atoms with Crippen molar-refractivity contribution in [2.75, 3.05) is 6.61 Å². The van der Waals surface area contributed by atoms with Crippen LogP contribution in [-0.2, 0) is 4.74 Å². The lowest BCUT2D eigenvalue weighted by Crippen LogP contribution is -2.38. The van der Waals surface area contributed by atoms with E-state index in [1.165, 1.54) is 15.6 Å². The van der Waals surface area contributed by atoms with E-state index in [1.807, 2.05) is 0 Å². The van der Waals surface area contributed by atoms with E-state index in [-0.39, 0.29) is 12.1 Å². The van der Waals surface area contributed by atoms with Gasteiger partial charge in [0.1, 0.15) is 0 Å². The molecule has 1 fully saturated rings. The Morgan fingerprint density at radius 1 is 1.44 bits per heavy atom. The van der Waals surface area contributed by atoms with Gasteiger partial charge in [-0.3, -0.25) is 11.3 Å². The van der Waals surface area contributed by atoms with Crippen molar-refractivity contribution in [1.82, 2.24) is 5.43 Å².